The predicted octanol–water partition coefficient (Wildman–Crippen LogP) is 3.06. The summed E-state index contributed by atoms with van der Waals surface area (Å²) in [6, 6.07) is 19.5. The van der Waals surface area contributed by atoms with Crippen LogP contribution in [-0.4, -0.2) is 5.97 Å². The van der Waals surface area contributed by atoms with E-state index in [0.717, 1.165) is 11.1 Å². The third-order valence-electron chi connectivity index (χ3n) is 3.17. The van der Waals surface area contributed by atoms with E-state index in [4.69, 9.17) is 10.5 Å². The van der Waals surface area contributed by atoms with Gasteiger partial charge in [0.05, 0.1) is 5.92 Å². The minimum Gasteiger partial charge on any atom is -0.460 e. The fourth-order valence-electron chi connectivity index (χ4n) is 2.07. The molecule has 0 spiro atoms. The lowest BCUT2D eigenvalue weighted by Crippen LogP contribution is -2.18. The largest absolute Gasteiger partial charge is 0.460 e. The average Bonchev–Trinajstić information content (AvgIpc) is 2.54. The van der Waals surface area contributed by atoms with Crippen LogP contribution in [0.3, 0.4) is 0 Å². The third-order valence-corrected chi connectivity index (χ3v) is 3.17. The Morgan fingerprint density at radius 1 is 1.00 bits per heavy atom. The molecule has 108 valence electrons. The second-order valence-corrected chi connectivity index (χ2v) is 4.77. The summed E-state index contributed by atoms with van der Waals surface area (Å²) in [6.45, 7) is 0.281. The van der Waals surface area contributed by atoms with Crippen molar-refractivity contribution in [2.75, 3.05) is 0 Å². The maximum Gasteiger partial charge on any atom is 0.313 e. The molecule has 2 aromatic rings. The molecule has 0 aliphatic carbocycles. The van der Waals surface area contributed by atoms with Crippen molar-refractivity contribution in [3.8, 4) is 0 Å². The molecule has 0 bridgehead atoms. The minimum atomic E-state index is -0.360. The van der Waals surface area contributed by atoms with E-state index in [9.17, 15) is 4.79 Å². The molecule has 0 unspecified atom stereocenters. The topological polar surface area (TPSA) is 52.3 Å². The first-order valence-electron chi connectivity index (χ1n) is 6.92. The first kappa shape index (κ1) is 14.9. The van der Waals surface area contributed by atoms with E-state index >= 15 is 0 Å². The summed E-state index contributed by atoms with van der Waals surface area (Å²) in [5, 5.41) is 0. The van der Waals surface area contributed by atoms with Crippen LogP contribution < -0.4 is 5.73 Å². The van der Waals surface area contributed by atoms with Gasteiger partial charge in [0.1, 0.15) is 6.61 Å². The monoisotopic (exact) mass is 281 g/mol. The molecule has 2 aromatic carbocycles. The fraction of sp³-hybridized carbons (Fsp3) is 0.167. The summed E-state index contributed by atoms with van der Waals surface area (Å²) >= 11 is 0. The molecule has 0 heterocycles. The van der Waals surface area contributed by atoms with Crippen molar-refractivity contribution in [3.63, 3.8) is 0 Å². The fourth-order valence-corrected chi connectivity index (χ4v) is 2.07. The number of esters is 1. The van der Waals surface area contributed by atoms with Crippen LogP contribution in [0.25, 0.3) is 0 Å². The number of rotatable bonds is 6. The van der Waals surface area contributed by atoms with Crippen LogP contribution in [0.5, 0.6) is 0 Å². The molecule has 3 nitrogen and oxygen atoms in total. The van der Waals surface area contributed by atoms with Gasteiger partial charge in [-0.3, -0.25) is 4.79 Å². The van der Waals surface area contributed by atoms with E-state index in [1.54, 1.807) is 6.08 Å². The van der Waals surface area contributed by atoms with Gasteiger partial charge in [-0.2, -0.15) is 0 Å². The number of benzene rings is 2. The normalized spacial score (nSPS) is 12.2. The zero-order valence-corrected chi connectivity index (χ0v) is 11.8. The molecule has 2 rings (SSSR count). The zero-order chi connectivity index (χ0) is 14.9. The Kier molecular flexibility index (Phi) is 5.59. The van der Waals surface area contributed by atoms with Crippen molar-refractivity contribution in [2.24, 2.45) is 11.7 Å². The summed E-state index contributed by atoms with van der Waals surface area (Å²) in [5.74, 6) is -0.620. The summed E-state index contributed by atoms with van der Waals surface area (Å²) in [7, 11) is 0. The highest BCUT2D eigenvalue weighted by molar-refractivity contribution is 5.74. The van der Waals surface area contributed by atoms with Crippen LogP contribution in [-0.2, 0) is 22.6 Å². The second kappa shape index (κ2) is 7.90. The predicted molar refractivity (Wildman–Crippen MR) is 83.2 cm³/mol. The Bertz CT molecular complexity index is 579. The molecule has 0 amide bonds. The molecule has 1 atom stereocenters. The van der Waals surface area contributed by atoms with Crippen molar-refractivity contribution in [3.05, 3.63) is 84.1 Å². The van der Waals surface area contributed by atoms with Crippen molar-refractivity contribution < 1.29 is 9.53 Å². The lowest BCUT2D eigenvalue weighted by molar-refractivity contribution is -0.148. The van der Waals surface area contributed by atoms with Gasteiger partial charge in [0, 0.05) is 0 Å². The first-order chi connectivity index (χ1) is 10.3. The van der Waals surface area contributed by atoms with Crippen LogP contribution in [0.4, 0.5) is 0 Å². The number of hydrogen-bond donors (Lipinski definition) is 1. The van der Waals surface area contributed by atoms with E-state index in [1.165, 1.54) is 6.20 Å². The van der Waals surface area contributed by atoms with Gasteiger partial charge in [0.15, 0.2) is 0 Å². The number of carbonyl (C=O) groups is 1. The average molecular weight is 281 g/mol. The Morgan fingerprint density at radius 3 is 2.14 bits per heavy atom. The third kappa shape index (κ3) is 4.80. The molecular formula is C18H19NO2. The summed E-state index contributed by atoms with van der Waals surface area (Å²) in [4.78, 5) is 12.2. The van der Waals surface area contributed by atoms with Crippen LogP contribution in [0.15, 0.2) is 72.9 Å². The van der Waals surface area contributed by atoms with Crippen LogP contribution >= 0.6 is 0 Å². The molecule has 0 fully saturated rings. The number of carbonyl (C=O) groups excluding carboxylic acids is 1. The standard InChI is InChI=1S/C18H19NO2/c19-12-11-17(13-15-7-3-1-4-8-15)18(20)21-14-16-9-5-2-6-10-16/h1-12,17H,13-14,19H2/t17-/m0/s1. The molecular weight excluding hydrogens is 262 g/mol. The van der Waals surface area contributed by atoms with Crippen LogP contribution in [0.2, 0.25) is 0 Å². The van der Waals surface area contributed by atoms with Crippen molar-refractivity contribution in [1.82, 2.24) is 0 Å². The highest BCUT2D eigenvalue weighted by Gasteiger charge is 2.17. The molecule has 0 saturated carbocycles. The van der Waals surface area contributed by atoms with Gasteiger partial charge in [0.2, 0.25) is 0 Å². The van der Waals surface area contributed by atoms with E-state index in [0.29, 0.717) is 6.42 Å². The molecule has 0 radical (unpaired) electrons. The van der Waals surface area contributed by atoms with Crippen molar-refractivity contribution in [2.45, 2.75) is 13.0 Å². The second-order valence-electron chi connectivity index (χ2n) is 4.77. The van der Waals surface area contributed by atoms with Crippen LogP contribution in [0.1, 0.15) is 11.1 Å². The van der Waals surface area contributed by atoms with Gasteiger partial charge < -0.3 is 10.5 Å². The summed E-state index contributed by atoms with van der Waals surface area (Å²) < 4.78 is 5.37. The van der Waals surface area contributed by atoms with E-state index in [1.807, 2.05) is 60.7 Å². The highest BCUT2D eigenvalue weighted by Crippen LogP contribution is 2.13. The maximum absolute atomic E-state index is 12.2. The quantitative estimate of drug-likeness (QED) is 0.828. The lowest BCUT2D eigenvalue weighted by Gasteiger charge is -2.12. The highest BCUT2D eigenvalue weighted by atomic mass is 16.5. The first-order valence-corrected chi connectivity index (χ1v) is 6.92. The summed E-state index contributed by atoms with van der Waals surface area (Å²) in [5.41, 5.74) is 7.49. The van der Waals surface area contributed by atoms with E-state index in [-0.39, 0.29) is 18.5 Å². The number of nitrogens with two attached hydrogens (primary N) is 1. The van der Waals surface area contributed by atoms with Gasteiger partial charge in [-0.05, 0) is 23.7 Å². The Hall–Kier alpha value is -2.55. The minimum absolute atomic E-state index is 0.260. The Labute approximate surface area is 125 Å². The molecule has 21 heavy (non-hydrogen) atoms. The molecule has 0 aliphatic rings. The van der Waals surface area contributed by atoms with Crippen molar-refractivity contribution in [1.29, 1.82) is 0 Å². The van der Waals surface area contributed by atoms with Gasteiger partial charge in [0.25, 0.3) is 0 Å². The van der Waals surface area contributed by atoms with E-state index < -0.39 is 0 Å². The Balaban J connectivity index is 1.96. The van der Waals surface area contributed by atoms with Gasteiger partial charge >= 0.3 is 5.97 Å². The van der Waals surface area contributed by atoms with Gasteiger partial charge in [-0.15, -0.1) is 0 Å². The molecule has 3 heteroatoms. The molecule has 0 saturated heterocycles. The van der Waals surface area contributed by atoms with Crippen molar-refractivity contribution >= 4 is 5.97 Å². The number of hydrogen-bond acceptors (Lipinski definition) is 3. The van der Waals surface area contributed by atoms with Gasteiger partial charge in [-0.25, -0.2) is 0 Å². The smallest absolute Gasteiger partial charge is 0.313 e. The summed E-state index contributed by atoms with van der Waals surface area (Å²) in [6.07, 6.45) is 3.67. The number of ether oxygens (including phenoxy) is 1. The van der Waals surface area contributed by atoms with Gasteiger partial charge in [-0.1, -0.05) is 66.7 Å². The van der Waals surface area contributed by atoms with Crippen LogP contribution in [0, 0.1) is 5.92 Å². The molecule has 2 N–H and O–H groups in total. The molecule has 0 aromatic heterocycles. The lowest BCUT2D eigenvalue weighted by atomic mass is 9.99. The Morgan fingerprint density at radius 2 is 1.57 bits per heavy atom. The molecule has 0 aliphatic heterocycles. The SMILES string of the molecule is NC=C[C@@H](Cc1ccccc1)C(=O)OCc1ccccc1. The van der Waals surface area contributed by atoms with E-state index in [2.05, 4.69) is 0 Å². The zero-order valence-electron chi connectivity index (χ0n) is 11.8. The maximum atomic E-state index is 12.2.